The summed E-state index contributed by atoms with van der Waals surface area (Å²) in [7, 11) is -3.06. The van der Waals surface area contributed by atoms with E-state index in [4.69, 9.17) is 0 Å². The number of fused-ring (bicyclic) bond motifs is 1. The van der Waals surface area contributed by atoms with Gasteiger partial charge in [0.1, 0.15) is 0 Å². The lowest BCUT2D eigenvalue weighted by atomic mass is 10.00. The zero-order chi connectivity index (χ0) is 18.0. The fourth-order valence-corrected chi connectivity index (χ4v) is 5.43. The van der Waals surface area contributed by atoms with Gasteiger partial charge in [0, 0.05) is 39.0 Å². The lowest BCUT2D eigenvalue weighted by molar-refractivity contribution is -0.135. The number of sulfone groups is 1. The van der Waals surface area contributed by atoms with Gasteiger partial charge in [0.15, 0.2) is 9.84 Å². The maximum absolute atomic E-state index is 12.5. The van der Waals surface area contributed by atoms with Crippen molar-refractivity contribution in [3.63, 3.8) is 0 Å². The van der Waals surface area contributed by atoms with E-state index in [9.17, 15) is 18.0 Å². The molecule has 2 heterocycles. The van der Waals surface area contributed by atoms with E-state index in [1.807, 2.05) is 23.1 Å². The van der Waals surface area contributed by atoms with E-state index in [0.29, 0.717) is 19.5 Å². The Morgan fingerprint density at radius 2 is 1.96 bits per heavy atom. The number of carbonyl (C=O) groups is 2. The van der Waals surface area contributed by atoms with Crippen molar-refractivity contribution >= 4 is 21.7 Å². The van der Waals surface area contributed by atoms with Crippen LogP contribution in [-0.2, 0) is 32.4 Å². The van der Waals surface area contributed by atoms with Crippen molar-refractivity contribution in [2.24, 2.45) is 0 Å². The molecule has 0 aromatic heterocycles. The summed E-state index contributed by atoms with van der Waals surface area (Å²) in [6.07, 6.45) is 1.55. The Morgan fingerprint density at radius 3 is 2.60 bits per heavy atom. The maximum Gasteiger partial charge on any atom is 0.224 e. The molecule has 0 N–H and O–H groups in total. The first-order chi connectivity index (χ1) is 11.9. The summed E-state index contributed by atoms with van der Waals surface area (Å²) < 4.78 is 23.3. The zero-order valence-electron chi connectivity index (χ0n) is 14.5. The fraction of sp³-hybridized carbons (Fsp3) is 0.556. The normalized spacial score (nSPS) is 21.6. The highest BCUT2D eigenvalue weighted by molar-refractivity contribution is 7.91. The first-order valence-electron chi connectivity index (χ1n) is 8.68. The van der Waals surface area contributed by atoms with E-state index in [-0.39, 0.29) is 42.3 Å². The molecule has 1 atom stereocenters. The van der Waals surface area contributed by atoms with Crippen LogP contribution in [0.2, 0.25) is 0 Å². The van der Waals surface area contributed by atoms with Crippen LogP contribution in [0.5, 0.6) is 0 Å². The molecule has 0 saturated carbocycles. The molecule has 1 saturated heterocycles. The third-order valence-electron chi connectivity index (χ3n) is 5.10. The third-order valence-corrected chi connectivity index (χ3v) is 6.85. The van der Waals surface area contributed by atoms with Crippen LogP contribution in [0.15, 0.2) is 24.3 Å². The van der Waals surface area contributed by atoms with Crippen LogP contribution in [0.3, 0.4) is 0 Å². The van der Waals surface area contributed by atoms with E-state index in [1.165, 1.54) is 18.1 Å². The molecule has 2 aliphatic heterocycles. The quantitative estimate of drug-likeness (QED) is 0.799. The summed E-state index contributed by atoms with van der Waals surface area (Å²) in [5.74, 6) is -0.0172. The van der Waals surface area contributed by atoms with Gasteiger partial charge >= 0.3 is 0 Å². The van der Waals surface area contributed by atoms with Gasteiger partial charge in [0.25, 0.3) is 0 Å². The SMILES string of the molecule is CC(=O)N(CCC(=O)N1CCc2ccccc2C1)C1CCS(=O)(=O)C1. The summed E-state index contributed by atoms with van der Waals surface area (Å²) in [5, 5.41) is 0. The van der Waals surface area contributed by atoms with Crippen molar-refractivity contribution in [1.82, 2.24) is 9.80 Å². The molecule has 1 unspecified atom stereocenters. The molecule has 0 radical (unpaired) electrons. The van der Waals surface area contributed by atoms with Gasteiger partial charge < -0.3 is 9.80 Å². The van der Waals surface area contributed by atoms with Crippen LogP contribution in [-0.4, -0.2) is 60.7 Å². The van der Waals surface area contributed by atoms with Crippen molar-refractivity contribution in [3.05, 3.63) is 35.4 Å². The summed E-state index contributed by atoms with van der Waals surface area (Å²) in [4.78, 5) is 27.8. The smallest absolute Gasteiger partial charge is 0.224 e. The minimum Gasteiger partial charge on any atom is -0.338 e. The standard InChI is InChI=1S/C18H24N2O4S/c1-14(21)20(17-8-11-25(23,24)13-17)10-7-18(22)19-9-6-15-4-2-3-5-16(15)12-19/h2-5,17H,6-13H2,1H3. The number of nitrogens with zero attached hydrogens (tertiary/aromatic N) is 2. The molecule has 6 nitrogen and oxygen atoms in total. The Balaban J connectivity index is 1.58. The lowest BCUT2D eigenvalue weighted by Crippen LogP contribution is -2.43. The van der Waals surface area contributed by atoms with Gasteiger partial charge in [-0.2, -0.15) is 0 Å². The van der Waals surface area contributed by atoms with Crippen molar-refractivity contribution < 1.29 is 18.0 Å². The van der Waals surface area contributed by atoms with Gasteiger partial charge in [-0.05, 0) is 24.0 Å². The first-order valence-corrected chi connectivity index (χ1v) is 10.5. The Kier molecular flexibility index (Phi) is 5.13. The second kappa shape index (κ2) is 7.15. The molecule has 1 aromatic rings. The summed E-state index contributed by atoms with van der Waals surface area (Å²) in [6, 6.07) is 7.83. The molecule has 0 bridgehead atoms. The van der Waals surface area contributed by atoms with Gasteiger partial charge in [-0.25, -0.2) is 8.42 Å². The molecule has 7 heteroatoms. The van der Waals surface area contributed by atoms with Crippen molar-refractivity contribution in [2.75, 3.05) is 24.6 Å². The van der Waals surface area contributed by atoms with Crippen molar-refractivity contribution in [2.45, 2.75) is 38.8 Å². The van der Waals surface area contributed by atoms with Gasteiger partial charge in [-0.1, -0.05) is 24.3 Å². The Morgan fingerprint density at radius 1 is 1.24 bits per heavy atom. The number of carbonyl (C=O) groups excluding carboxylic acids is 2. The van der Waals surface area contributed by atoms with E-state index >= 15 is 0 Å². The number of rotatable bonds is 4. The molecule has 1 aromatic carbocycles. The molecular weight excluding hydrogens is 340 g/mol. The lowest BCUT2D eigenvalue weighted by Gasteiger charge is -2.31. The average molecular weight is 364 g/mol. The summed E-state index contributed by atoms with van der Waals surface area (Å²) in [6.45, 7) is 3.01. The molecular formula is C18H24N2O4S. The molecule has 0 spiro atoms. The van der Waals surface area contributed by atoms with E-state index in [1.54, 1.807) is 4.90 Å². The van der Waals surface area contributed by atoms with Crippen molar-refractivity contribution in [1.29, 1.82) is 0 Å². The number of hydrogen-bond acceptors (Lipinski definition) is 4. The highest BCUT2D eigenvalue weighted by atomic mass is 32.2. The van der Waals surface area contributed by atoms with Gasteiger partial charge in [0.05, 0.1) is 11.5 Å². The summed E-state index contributed by atoms with van der Waals surface area (Å²) >= 11 is 0. The van der Waals surface area contributed by atoms with E-state index < -0.39 is 9.84 Å². The van der Waals surface area contributed by atoms with E-state index in [0.717, 1.165) is 6.42 Å². The van der Waals surface area contributed by atoms with Crippen LogP contribution >= 0.6 is 0 Å². The second-order valence-electron chi connectivity index (χ2n) is 6.85. The minimum absolute atomic E-state index is 0.0118. The fourth-order valence-electron chi connectivity index (χ4n) is 3.70. The number of benzene rings is 1. The Labute approximate surface area is 148 Å². The van der Waals surface area contributed by atoms with E-state index in [2.05, 4.69) is 6.07 Å². The van der Waals surface area contributed by atoms with Crippen LogP contribution in [0.1, 0.15) is 30.9 Å². The molecule has 0 aliphatic carbocycles. The summed E-state index contributed by atoms with van der Waals surface area (Å²) in [5.41, 5.74) is 2.46. The molecule has 1 fully saturated rings. The highest BCUT2D eigenvalue weighted by Gasteiger charge is 2.34. The average Bonchev–Trinajstić information content (AvgIpc) is 2.93. The van der Waals surface area contributed by atoms with Crippen LogP contribution < -0.4 is 0 Å². The Hall–Kier alpha value is -1.89. The highest BCUT2D eigenvalue weighted by Crippen LogP contribution is 2.21. The second-order valence-corrected chi connectivity index (χ2v) is 9.08. The topological polar surface area (TPSA) is 74.8 Å². The maximum atomic E-state index is 12.5. The minimum atomic E-state index is -3.06. The molecule has 2 aliphatic rings. The first kappa shape index (κ1) is 17.9. The van der Waals surface area contributed by atoms with Gasteiger partial charge in [-0.15, -0.1) is 0 Å². The third kappa shape index (κ3) is 4.21. The van der Waals surface area contributed by atoms with Gasteiger partial charge in [-0.3, -0.25) is 9.59 Å². The van der Waals surface area contributed by atoms with Crippen molar-refractivity contribution in [3.8, 4) is 0 Å². The molecule has 2 amide bonds. The zero-order valence-corrected chi connectivity index (χ0v) is 15.3. The predicted molar refractivity (Wildman–Crippen MR) is 94.6 cm³/mol. The monoisotopic (exact) mass is 364 g/mol. The van der Waals surface area contributed by atoms with Gasteiger partial charge in [0.2, 0.25) is 11.8 Å². The van der Waals surface area contributed by atoms with Crippen LogP contribution in [0, 0.1) is 0 Å². The number of amides is 2. The van der Waals surface area contributed by atoms with Crippen LogP contribution in [0.4, 0.5) is 0 Å². The molecule has 25 heavy (non-hydrogen) atoms. The van der Waals surface area contributed by atoms with Crippen LogP contribution in [0.25, 0.3) is 0 Å². The largest absolute Gasteiger partial charge is 0.338 e. The number of hydrogen-bond donors (Lipinski definition) is 0. The predicted octanol–water partition coefficient (Wildman–Crippen LogP) is 0.997. The molecule has 3 rings (SSSR count). The Bertz CT molecular complexity index is 775. The molecule has 136 valence electrons.